The van der Waals surface area contributed by atoms with E-state index in [-0.39, 0.29) is 34.3 Å². The first kappa shape index (κ1) is 23.8. The van der Waals surface area contributed by atoms with Gasteiger partial charge in [0, 0.05) is 39.3 Å². The lowest BCUT2D eigenvalue weighted by Crippen LogP contribution is -2.55. The highest BCUT2D eigenvalue weighted by atomic mass is 19.1. The van der Waals surface area contributed by atoms with E-state index in [1.807, 2.05) is 11.9 Å². The smallest absolute Gasteiger partial charge is 0.263 e. The Balaban J connectivity index is 1.32. The maximum atomic E-state index is 14.9. The number of aromatic nitrogens is 4. The number of fused-ring (bicyclic) bond motifs is 1. The van der Waals surface area contributed by atoms with Crippen molar-refractivity contribution in [3.8, 4) is 0 Å². The molecule has 0 spiro atoms. The van der Waals surface area contributed by atoms with Crippen LogP contribution in [0.15, 0.2) is 24.8 Å². The molecule has 5 rings (SSSR count). The number of morpholine rings is 1. The number of pyridine rings is 1. The molecule has 3 aromatic rings. The van der Waals surface area contributed by atoms with Gasteiger partial charge in [-0.15, -0.1) is 5.10 Å². The number of nitrogens with zero attached hydrogens (tertiary/aromatic N) is 7. The van der Waals surface area contributed by atoms with Gasteiger partial charge in [-0.3, -0.25) is 14.6 Å². The Kier molecular flexibility index (Phi) is 6.36. The van der Waals surface area contributed by atoms with Crippen molar-refractivity contribution in [1.29, 1.82) is 0 Å². The molecule has 2 aliphatic rings. The molecule has 190 valence electrons. The molecule has 5 heterocycles. The highest BCUT2D eigenvalue weighted by Crippen LogP contribution is 2.30. The minimum absolute atomic E-state index is 0.0556. The second kappa shape index (κ2) is 9.62. The van der Waals surface area contributed by atoms with Crippen molar-refractivity contribution in [2.75, 3.05) is 68.9 Å². The van der Waals surface area contributed by atoms with E-state index in [4.69, 9.17) is 10.5 Å². The Hall–Kier alpha value is -3.91. The van der Waals surface area contributed by atoms with Crippen LogP contribution >= 0.6 is 0 Å². The Bertz CT molecular complexity index is 1310. The minimum atomic E-state index is -0.692. The lowest BCUT2D eigenvalue weighted by molar-refractivity contribution is -0.149. The molecule has 0 radical (unpaired) electrons. The molecule has 0 saturated carbocycles. The summed E-state index contributed by atoms with van der Waals surface area (Å²) in [5.74, 6) is -2.20. The summed E-state index contributed by atoms with van der Waals surface area (Å²) in [5, 5.41) is 6.55. The lowest BCUT2D eigenvalue weighted by Gasteiger charge is -2.39. The average molecular weight is 501 g/mol. The van der Waals surface area contributed by atoms with Crippen molar-refractivity contribution in [1.82, 2.24) is 29.4 Å². The van der Waals surface area contributed by atoms with E-state index in [0.29, 0.717) is 39.3 Å². The number of ether oxygens (including phenoxy) is 1. The number of nitrogens with one attached hydrogen (secondary N) is 1. The van der Waals surface area contributed by atoms with Gasteiger partial charge in [0.1, 0.15) is 17.4 Å². The van der Waals surface area contributed by atoms with Crippen LogP contribution in [0.4, 0.5) is 26.0 Å². The number of nitrogen functional groups attached to an aromatic ring is 1. The monoisotopic (exact) mass is 501 g/mol. The van der Waals surface area contributed by atoms with Crippen molar-refractivity contribution < 1.29 is 23.1 Å². The summed E-state index contributed by atoms with van der Waals surface area (Å²) in [6, 6.07) is 0. The second-order valence-electron chi connectivity index (χ2n) is 8.71. The van der Waals surface area contributed by atoms with E-state index in [2.05, 4.69) is 20.4 Å². The predicted molar refractivity (Wildman–Crippen MR) is 126 cm³/mol. The van der Waals surface area contributed by atoms with Gasteiger partial charge in [-0.2, -0.15) is 0 Å². The standard InChI is InChI=1S/C22H25F2N9O3/c1-30-6-7-36-16(12-30)22(35)32-4-2-31(3-5-32)18-14(24)9-26-10-15(18)28-21(34)17-19(25)29-33-11-13(23)8-27-20(17)33/h8-11,16H,2-7,12H2,1H3,(H2,25,29)(H,28,34). The Morgan fingerprint density at radius 1 is 1.14 bits per heavy atom. The fourth-order valence-corrected chi connectivity index (χ4v) is 4.45. The Labute approximate surface area is 204 Å². The Morgan fingerprint density at radius 3 is 2.67 bits per heavy atom. The molecular formula is C22H25F2N9O3. The van der Waals surface area contributed by atoms with Gasteiger partial charge in [0.15, 0.2) is 23.1 Å². The van der Waals surface area contributed by atoms with Crippen molar-refractivity contribution in [3.63, 3.8) is 0 Å². The summed E-state index contributed by atoms with van der Waals surface area (Å²) in [6.07, 6.45) is 3.86. The topological polar surface area (TPSA) is 134 Å². The number of likely N-dealkylation sites (N-methyl/N-ethyl adjacent to an activating group) is 1. The van der Waals surface area contributed by atoms with Crippen LogP contribution in [0.5, 0.6) is 0 Å². The van der Waals surface area contributed by atoms with Gasteiger partial charge in [0.2, 0.25) is 0 Å². The third-order valence-electron chi connectivity index (χ3n) is 6.27. The molecule has 1 atom stereocenters. The molecule has 36 heavy (non-hydrogen) atoms. The van der Waals surface area contributed by atoms with E-state index in [0.717, 1.165) is 29.7 Å². The van der Waals surface area contributed by atoms with Crippen molar-refractivity contribution in [2.45, 2.75) is 6.10 Å². The van der Waals surface area contributed by atoms with Gasteiger partial charge in [0.25, 0.3) is 11.8 Å². The number of hydrogen-bond donors (Lipinski definition) is 2. The molecule has 2 aliphatic heterocycles. The molecule has 0 aromatic carbocycles. The van der Waals surface area contributed by atoms with Gasteiger partial charge >= 0.3 is 0 Å². The molecule has 12 nitrogen and oxygen atoms in total. The molecule has 1 unspecified atom stereocenters. The summed E-state index contributed by atoms with van der Waals surface area (Å²) >= 11 is 0. The summed E-state index contributed by atoms with van der Waals surface area (Å²) in [5.41, 5.74) is 6.13. The van der Waals surface area contributed by atoms with E-state index in [9.17, 15) is 18.4 Å². The minimum Gasteiger partial charge on any atom is -0.381 e. The third kappa shape index (κ3) is 4.52. The number of rotatable bonds is 4. The van der Waals surface area contributed by atoms with Gasteiger partial charge in [-0.1, -0.05) is 0 Å². The number of carbonyl (C=O) groups is 2. The van der Waals surface area contributed by atoms with Crippen molar-refractivity contribution in [2.24, 2.45) is 0 Å². The summed E-state index contributed by atoms with van der Waals surface area (Å²) in [6.45, 7) is 3.24. The molecule has 2 fully saturated rings. The fraction of sp³-hybridized carbons (Fsp3) is 0.409. The summed E-state index contributed by atoms with van der Waals surface area (Å²) in [4.78, 5) is 39.2. The largest absolute Gasteiger partial charge is 0.381 e. The molecule has 14 heteroatoms. The van der Waals surface area contributed by atoms with Crippen LogP contribution in [0, 0.1) is 11.6 Å². The van der Waals surface area contributed by atoms with E-state index >= 15 is 0 Å². The molecular weight excluding hydrogens is 476 g/mol. The van der Waals surface area contributed by atoms with Gasteiger partial charge in [-0.25, -0.2) is 18.3 Å². The Morgan fingerprint density at radius 2 is 1.92 bits per heavy atom. The van der Waals surface area contributed by atoms with Crippen LogP contribution in [-0.2, 0) is 9.53 Å². The lowest BCUT2D eigenvalue weighted by atomic mass is 10.2. The van der Waals surface area contributed by atoms with Crippen molar-refractivity contribution >= 4 is 34.7 Å². The van der Waals surface area contributed by atoms with Crippen LogP contribution in [0.2, 0.25) is 0 Å². The molecule has 0 bridgehead atoms. The fourth-order valence-electron chi connectivity index (χ4n) is 4.45. The number of amides is 2. The molecule has 0 aliphatic carbocycles. The number of nitrogens with two attached hydrogens (primary N) is 1. The van der Waals surface area contributed by atoms with Gasteiger partial charge in [-0.05, 0) is 7.05 Å². The molecule has 3 N–H and O–H groups in total. The van der Waals surface area contributed by atoms with Crippen molar-refractivity contribution in [3.05, 3.63) is 42.0 Å². The average Bonchev–Trinajstić information content (AvgIpc) is 3.18. The molecule has 2 amide bonds. The van der Waals surface area contributed by atoms with Crippen LogP contribution < -0.4 is 16.0 Å². The summed E-state index contributed by atoms with van der Waals surface area (Å²) in [7, 11) is 1.94. The number of halogens is 2. The zero-order chi connectivity index (χ0) is 25.4. The molecule has 2 saturated heterocycles. The number of piperazine rings is 1. The zero-order valence-corrected chi connectivity index (χ0v) is 19.5. The van der Waals surface area contributed by atoms with Crippen LogP contribution in [0.3, 0.4) is 0 Å². The maximum Gasteiger partial charge on any atom is 0.263 e. The SMILES string of the molecule is CN1CCOC(C(=O)N2CCN(c3c(F)cncc3NC(=O)c3c(N)nn4cc(F)cnc34)CC2)C1. The predicted octanol–water partition coefficient (Wildman–Crippen LogP) is 0.216. The first-order valence-electron chi connectivity index (χ1n) is 11.4. The van der Waals surface area contributed by atoms with Crippen LogP contribution in [0.25, 0.3) is 5.65 Å². The van der Waals surface area contributed by atoms with Gasteiger partial charge < -0.3 is 30.5 Å². The maximum absolute atomic E-state index is 14.9. The highest BCUT2D eigenvalue weighted by molar-refractivity contribution is 6.12. The zero-order valence-electron chi connectivity index (χ0n) is 19.5. The van der Waals surface area contributed by atoms with E-state index < -0.39 is 23.6 Å². The van der Waals surface area contributed by atoms with Crippen LogP contribution in [-0.4, -0.2) is 100 Å². The van der Waals surface area contributed by atoms with E-state index in [1.165, 1.54) is 6.20 Å². The highest BCUT2D eigenvalue weighted by Gasteiger charge is 2.32. The first-order valence-corrected chi connectivity index (χ1v) is 11.4. The van der Waals surface area contributed by atoms with E-state index in [1.54, 1.807) is 9.80 Å². The number of carbonyl (C=O) groups excluding carboxylic acids is 2. The molecule has 3 aromatic heterocycles. The normalized spacial score (nSPS) is 19.0. The first-order chi connectivity index (χ1) is 17.3. The number of anilines is 3. The number of hydrogen-bond acceptors (Lipinski definition) is 9. The summed E-state index contributed by atoms with van der Waals surface area (Å²) < 4.78 is 35.1. The van der Waals surface area contributed by atoms with Crippen LogP contribution in [0.1, 0.15) is 10.4 Å². The third-order valence-corrected chi connectivity index (χ3v) is 6.27. The second-order valence-corrected chi connectivity index (χ2v) is 8.71. The quantitative estimate of drug-likeness (QED) is 0.515. The van der Waals surface area contributed by atoms with Gasteiger partial charge in [0.05, 0.1) is 37.1 Å².